The molecule has 1 aliphatic rings. The van der Waals surface area contributed by atoms with Crippen molar-refractivity contribution in [2.75, 3.05) is 18.5 Å². The van der Waals surface area contributed by atoms with Crippen LogP contribution in [0.3, 0.4) is 0 Å². The minimum Gasteiger partial charge on any atom is -0.363 e. The summed E-state index contributed by atoms with van der Waals surface area (Å²) in [5, 5.41) is 11.4. The molecule has 0 aliphatic carbocycles. The molecular formula is C14H21N3O4S. The van der Waals surface area contributed by atoms with Crippen LogP contribution in [-0.4, -0.2) is 33.0 Å². The molecule has 1 N–H and O–H groups in total. The number of nitrogens with one attached hydrogen (secondary N) is 1. The summed E-state index contributed by atoms with van der Waals surface area (Å²) in [6, 6.07) is 4.28. The molecule has 1 fully saturated rings. The molecule has 0 saturated carbocycles. The van der Waals surface area contributed by atoms with Crippen molar-refractivity contribution in [3.8, 4) is 0 Å². The number of piperidine rings is 1. The first kappa shape index (κ1) is 16.7. The zero-order chi connectivity index (χ0) is 16.5. The van der Waals surface area contributed by atoms with Crippen LogP contribution in [0.4, 0.5) is 11.4 Å². The summed E-state index contributed by atoms with van der Waals surface area (Å²) in [6.07, 6.45) is 2.06. The van der Waals surface area contributed by atoms with Gasteiger partial charge < -0.3 is 4.90 Å². The third-order valence-corrected chi connectivity index (χ3v) is 5.56. The van der Waals surface area contributed by atoms with Crippen LogP contribution in [0.25, 0.3) is 0 Å². The van der Waals surface area contributed by atoms with Crippen LogP contribution in [0.15, 0.2) is 23.1 Å². The van der Waals surface area contributed by atoms with E-state index in [4.69, 9.17) is 0 Å². The fraction of sp³-hybridized carbons (Fsp3) is 0.571. The fourth-order valence-corrected chi connectivity index (χ4v) is 3.55. The molecule has 1 aliphatic heterocycles. The van der Waals surface area contributed by atoms with Gasteiger partial charge in [-0.25, -0.2) is 13.1 Å². The Hall–Kier alpha value is -1.67. The smallest absolute Gasteiger partial charge is 0.293 e. The number of hydrogen-bond acceptors (Lipinski definition) is 5. The predicted molar refractivity (Wildman–Crippen MR) is 84.5 cm³/mol. The number of rotatable bonds is 4. The first-order valence-electron chi connectivity index (χ1n) is 7.25. The summed E-state index contributed by atoms with van der Waals surface area (Å²) >= 11 is 0. The number of anilines is 1. The molecule has 122 valence electrons. The number of nitrogens with zero attached hydrogens (tertiary/aromatic N) is 2. The molecule has 1 saturated heterocycles. The van der Waals surface area contributed by atoms with Crippen LogP contribution in [0, 0.1) is 16.0 Å². The Morgan fingerprint density at radius 2 is 2.00 bits per heavy atom. The van der Waals surface area contributed by atoms with Gasteiger partial charge in [0.05, 0.1) is 9.82 Å². The minimum atomic E-state index is -3.70. The lowest BCUT2D eigenvalue weighted by Gasteiger charge is -2.38. The van der Waals surface area contributed by atoms with E-state index in [-0.39, 0.29) is 16.6 Å². The normalized spacial score (nSPS) is 22.6. The quantitative estimate of drug-likeness (QED) is 0.675. The zero-order valence-corrected chi connectivity index (χ0v) is 13.8. The van der Waals surface area contributed by atoms with Crippen molar-refractivity contribution in [3.63, 3.8) is 0 Å². The van der Waals surface area contributed by atoms with Crippen LogP contribution >= 0.6 is 0 Å². The molecule has 0 aromatic heterocycles. The third kappa shape index (κ3) is 3.22. The highest BCUT2D eigenvalue weighted by Gasteiger charge is 2.29. The largest absolute Gasteiger partial charge is 0.363 e. The third-order valence-electron chi connectivity index (χ3n) is 4.15. The topological polar surface area (TPSA) is 92.6 Å². The van der Waals surface area contributed by atoms with Gasteiger partial charge in [0.15, 0.2) is 0 Å². The Labute approximate surface area is 130 Å². The van der Waals surface area contributed by atoms with E-state index in [1.807, 2.05) is 11.8 Å². The van der Waals surface area contributed by atoms with Gasteiger partial charge in [-0.2, -0.15) is 0 Å². The second kappa shape index (κ2) is 6.21. The minimum absolute atomic E-state index is 0.0943. The van der Waals surface area contributed by atoms with E-state index in [1.54, 1.807) is 0 Å². The number of hydrogen-bond donors (Lipinski definition) is 1. The Morgan fingerprint density at radius 1 is 1.32 bits per heavy atom. The van der Waals surface area contributed by atoms with Crippen LogP contribution in [0.5, 0.6) is 0 Å². The van der Waals surface area contributed by atoms with E-state index in [0.29, 0.717) is 11.6 Å². The van der Waals surface area contributed by atoms with Gasteiger partial charge in [-0.3, -0.25) is 10.1 Å². The average molecular weight is 327 g/mol. The van der Waals surface area contributed by atoms with Crippen molar-refractivity contribution in [2.45, 2.75) is 37.6 Å². The zero-order valence-electron chi connectivity index (χ0n) is 12.9. The second-order valence-electron chi connectivity index (χ2n) is 5.80. The van der Waals surface area contributed by atoms with Gasteiger partial charge in [-0.1, -0.05) is 6.92 Å². The summed E-state index contributed by atoms with van der Waals surface area (Å²) in [5.74, 6) is 0.455. The van der Waals surface area contributed by atoms with Gasteiger partial charge >= 0.3 is 0 Å². The summed E-state index contributed by atoms with van der Waals surface area (Å²) in [7, 11) is -2.42. The van der Waals surface area contributed by atoms with Gasteiger partial charge in [-0.15, -0.1) is 0 Å². The molecule has 2 atom stereocenters. The van der Waals surface area contributed by atoms with E-state index in [9.17, 15) is 18.5 Å². The van der Waals surface area contributed by atoms with Crippen molar-refractivity contribution < 1.29 is 13.3 Å². The summed E-state index contributed by atoms with van der Waals surface area (Å²) < 4.78 is 25.8. The standard InChI is InChI=1S/C14H21N3O4S/c1-10-4-5-11(2)16(9-10)13-7-6-12(22(20,21)15-3)8-14(13)17(18)19/h6-8,10-11,15H,4-5,9H2,1-3H3. The maximum atomic E-state index is 11.8. The van der Waals surface area contributed by atoms with Crippen molar-refractivity contribution >= 4 is 21.4 Å². The van der Waals surface area contributed by atoms with Crippen LogP contribution in [-0.2, 0) is 10.0 Å². The van der Waals surface area contributed by atoms with Crippen molar-refractivity contribution in [1.82, 2.24) is 4.72 Å². The average Bonchev–Trinajstić information content (AvgIpc) is 2.49. The van der Waals surface area contributed by atoms with Crippen LogP contribution < -0.4 is 9.62 Å². The SMILES string of the molecule is CNS(=O)(=O)c1ccc(N2CC(C)CCC2C)c([N+](=O)[O-])c1. The van der Waals surface area contributed by atoms with E-state index in [0.717, 1.165) is 25.5 Å². The van der Waals surface area contributed by atoms with Crippen molar-refractivity contribution in [1.29, 1.82) is 0 Å². The van der Waals surface area contributed by atoms with Crippen molar-refractivity contribution in [3.05, 3.63) is 28.3 Å². The molecule has 22 heavy (non-hydrogen) atoms. The maximum Gasteiger partial charge on any atom is 0.293 e. The molecule has 2 unspecified atom stereocenters. The van der Waals surface area contributed by atoms with E-state index in [2.05, 4.69) is 11.6 Å². The summed E-state index contributed by atoms with van der Waals surface area (Å²) in [4.78, 5) is 12.8. The molecule has 1 aromatic rings. The molecule has 7 nitrogen and oxygen atoms in total. The van der Waals surface area contributed by atoms with E-state index < -0.39 is 14.9 Å². The molecule has 2 rings (SSSR count). The van der Waals surface area contributed by atoms with E-state index in [1.165, 1.54) is 19.2 Å². The Bertz CT molecular complexity index is 675. The van der Waals surface area contributed by atoms with Crippen molar-refractivity contribution in [2.24, 2.45) is 5.92 Å². The maximum absolute atomic E-state index is 11.8. The van der Waals surface area contributed by atoms with Crippen LogP contribution in [0.2, 0.25) is 0 Å². The molecule has 0 bridgehead atoms. The molecule has 0 radical (unpaired) electrons. The molecule has 1 heterocycles. The highest BCUT2D eigenvalue weighted by atomic mass is 32.2. The van der Waals surface area contributed by atoms with Gasteiger partial charge in [0.25, 0.3) is 5.69 Å². The van der Waals surface area contributed by atoms with Crippen LogP contribution in [0.1, 0.15) is 26.7 Å². The highest BCUT2D eigenvalue weighted by molar-refractivity contribution is 7.89. The number of nitro groups is 1. The Morgan fingerprint density at radius 3 is 2.59 bits per heavy atom. The number of sulfonamides is 1. The first-order chi connectivity index (χ1) is 10.3. The lowest BCUT2D eigenvalue weighted by Crippen LogP contribution is -2.41. The molecule has 1 aromatic carbocycles. The van der Waals surface area contributed by atoms with Gasteiger partial charge in [0, 0.05) is 18.7 Å². The fourth-order valence-electron chi connectivity index (χ4n) is 2.80. The Balaban J connectivity index is 2.50. The molecule has 8 heteroatoms. The van der Waals surface area contributed by atoms with Gasteiger partial charge in [0.2, 0.25) is 10.0 Å². The molecule has 0 spiro atoms. The summed E-state index contributed by atoms with van der Waals surface area (Å²) in [6.45, 7) is 4.89. The summed E-state index contributed by atoms with van der Waals surface area (Å²) in [5.41, 5.74) is 0.316. The highest BCUT2D eigenvalue weighted by Crippen LogP contribution is 2.35. The predicted octanol–water partition coefficient (Wildman–Crippen LogP) is 2.13. The lowest BCUT2D eigenvalue weighted by atomic mass is 9.94. The lowest BCUT2D eigenvalue weighted by molar-refractivity contribution is -0.384. The van der Waals surface area contributed by atoms with Gasteiger partial charge in [-0.05, 0) is 44.9 Å². The van der Waals surface area contributed by atoms with Gasteiger partial charge in [0.1, 0.15) is 5.69 Å². The second-order valence-corrected chi connectivity index (χ2v) is 7.69. The first-order valence-corrected chi connectivity index (χ1v) is 8.73. The monoisotopic (exact) mass is 327 g/mol. The number of benzene rings is 1. The van der Waals surface area contributed by atoms with E-state index >= 15 is 0 Å². The Kier molecular flexibility index (Phi) is 4.72. The molecular weight excluding hydrogens is 306 g/mol. The molecule has 0 amide bonds. The number of nitro benzene ring substituents is 1.